The summed E-state index contributed by atoms with van der Waals surface area (Å²) >= 11 is 0. The van der Waals surface area contributed by atoms with E-state index in [9.17, 15) is 9.18 Å². The third-order valence-corrected chi connectivity index (χ3v) is 3.39. The van der Waals surface area contributed by atoms with E-state index in [-0.39, 0.29) is 18.3 Å². The molecule has 1 aromatic carbocycles. The van der Waals surface area contributed by atoms with Gasteiger partial charge >= 0.3 is 0 Å². The van der Waals surface area contributed by atoms with Crippen molar-refractivity contribution in [3.63, 3.8) is 0 Å². The van der Waals surface area contributed by atoms with Gasteiger partial charge in [-0.1, -0.05) is 13.3 Å². The van der Waals surface area contributed by atoms with E-state index in [2.05, 4.69) is 10.4 Å². The van der Waals surface area contributed by atoms with Crippen LogP contribution >= 0.6 is 12.4 Å². The molecule has 7 heteroatoms. The molecule has 0 saturated carbocycles. The standard InChI is InChI=1S/C16H21FN4O.ClH/c1-4-5-14(18)16(22)19-12-6-7-15(13(17)9-12)21-11(3)8-10(2)20-21;/h6-9,14H,4-5,18H2,1-3H3,(H,19,22);1H. The Bertz CT molecular complexity index is 687. The molecule has 0 aliphatic carbocycles. The molecule has 126 valence electrons. The number of aromatic nitrogens is 2. The van der Waals surface area contributed by atoms with E-state index in [0.29, 0.717) is 17.8 Å². The lowest BCUT2D eigenvalue weighted by Crippen LogP contribution is -2.35. The first-order valence-corrected chi connectivity index (χ1v) is 7.32. The number of halogens is 2. The fraction of sp³-hybridized carbons (Fsp3) is 0.375. The summed E-state index contributed by atoms with van der Waals surface area (Å²) in [6.45, 7) is 5.67. The Hall–Kier alpha value is -1.92. The average Bonchev–Trinajstić information content (AvgIpc) is 2.78. The van der Waals surface area contributed by atoms with Gasteiger partial charge in [0.25, 0.3) is 0 Å². The van der Waals surface area contributed by atoms with Crippen LogP contribution in [-0.4, -0.2) is 21.7 Å². The zero-order chi connectivity index (χ0) is 16.3. The van der Waals surface area contributed by atoms with E-state index < -0.39 is 11.9 Å². The van der Waals surface area contributed by atoms with E-state index in [4.69, 9.17) is 5.73 Å². The number of anilines is 1. The second-order valence-electron chi connectivity index (χ2n) is 5.39. The first kappa shape index (κ1) is 19.1. The van der Waals surface area contributed by atoms with Crippen LogP contribution in [0.5, 0.6) is 0 Å². The molecule has 0 aliphatic rings. The largest absolute Gasteiger partial charge is 0.325 e. The zero-order valence-corrected chi connectivity index (χ0v) is 14.3. The molecule has 2 aromatic rings. The number of carbonyl (C=O) groups excluding carboxylic acids is 1. The lowest BCUT2D eigenvalue weighted by Gasteiger charge is -2.12. The molecule has 0 spiro atoms. The van der Waals surface area contributed by atoms with Gasteiger partial charge in [-0.05, 0) is 44.5 Å². The smallest absolute Gasteiger partial charge is 0.241 e. The topological polar surface area (TPSA) is 72.9 Å². The van der Waals surface area contributed by atoms with Crippen molar-refractivity contribution in [3.8, 4) is 5.69 Å². The zero-order valence-electron chi connectivity index (χ0n) is 13.5. The molecular formula is C16H22ClFN4O. The van der Waals surface area contributed by atoms with Crippen molar-refractivity contribution in [1.29, 1.82) is 0 Å². The van der Waals surface area contributed by atoms with Crippen molar-refractivity contribution >= 4 is 24.0 Å². The molecule has 5 nitrogen and oxygen atoms in total. The molecule has 1 unspecified atom stereocenters. The van der Waals surface area contributed by atoms with Crippen LogP contribution in [0, 0.1) is 19.7 Å². The van der Waals surface area contributed by atoms with Crippen LogP contribution in [0.3, 0.4) is 0 Å². The predicted molar refractivity (Wildman–Crippen MR) is 91.8 cm³/mol. The SMILES string of the molecule is CCCC(N)C(=O)Nc1ccc(-n2nc(C)cc2C)c(F)c1.Cl. The highest BCUT2D eigenvalue weighted by Gasteiger charge is 2.14. The van der Waals surface area contributed by atoms with Gasteiger partial charge in [-0.15, -0.1) is 12.4 Å². The van der Waals surface area contributed by atoms with E-state index in [1.807, 2.05) is 26.8 Å². The van der Waals surface area contributed by atoms with Gasteiger partial charge in [0, 0.05) is 11.4 Å². The molecule has 0 radical (unpaired) electrons. The van der Waals surface area contributed by atoms with Crippen LogP contribution in [0.25, 0.3) is 5.69 Å². The number of carbonyl (C=O) groups is 1. The molecule has 0 bridgehead atoms. The van der Waals surface area contributed by atoms with E-state index in [0.717, 1.165) is 17.8 Å². The van der Waals surface area contributed by atoms with Gasteiger partial charge in [-0.3, -0.25) is 4.79 Å². The minimum atomic E-state index is -0.580. The maximum Gasteiger partial charge on any atom is 0.241 e. The number of nitrogens with two attached hydrogens (primary N) is 1. The van der Waals surface area contributed by atoms with Crippen LogP contribution in [0.2, 0.25) is 0 Å². The second-order valence-corrected chi connectivity index (χ2v) is 5.39. The Kier molecular flexibility index (Phi) is 6.72. The number of rotatable bonds is 5. The lowest BCUT2D eigenvalue weighted by molar-refractivity contribution is -0.117. The van der Waals surface area contributed by atoms with Crippen molar-refractivity contribution in [2.75, 3.05) is 5.32 Å². The van der Waals surface area contributed by atoms with Crippen LogP contribution in [0.15, 0.2) is 24.3 Å². The third-order valence-electron chi connectivity index (χ3n) is 3.39. The molecule has 3 N–H and O–H groups in total. The van der Waals surface area contributed by atoms with E-state index in [1.165, 1.54) is 6.07 Å². The summed E-state index contributed by atoms with van der Waals surface area (Å²) in [5.74, 6) is -0.756. The molecule has 2 rings (SSSR count). The normalized spacial score (nSPS) is 11.7. The Labute approximate surface area is 141 Å². The Morgan fingerprint density at radius 1 is 1.39 bits per heavy atom. The molecule has 1 aromatic heterocycles. The summed E-state index contributed by atoms with van der Waals surface area (Å²) < 4.78 is 15.8. The summed E-state index contributed by atoms with van der Waals surface area (Å²) in [6.07, 6.45) is 1.41. The van der Waals surface area contributed by atoms with Crippen molar-refractivity contribution in [2.45, 2.75) is 39.7 Å². The maximum absolute atomic E-state index is 14.3. The van der Waals surface area contributed by atoms with E-state index >= 15 is 0 Å². The molecule has 0 saturated heterocycles. The van der Waals surface area contributed by atoms with Gasteiger partial charge in [0.15, 0.2) is 5.82 Å². The van der Waals surface area contributed by atoms with Crippen LogP contribution < -0.4 is 11.1 Å². The van der Waals surface area contributed by atoms with Crippen LogP contribution in [-0.2, 0) is 4.79 Å². The minimum absolute atomic E-state index is 0. The number of nitrogens with zero attached hydrogens (tertiary/aromatic N) is 2. The quantitative estimate of drug-likeness (QED) is 0.878. The number of hydrogen-bond donors (Lipinski definition) is 2. The highest BCUT2D eigenvalue weighted by molar-refractivity contribution is 5.94. The molecule has 23 heavy (non-hydrogen) atoms. The first-order chi connectivity index (χ1) is 10.4. The fourth-order valence-corrected chi connectivity index (χ4v) is 2.31. The molecule has 0 fully saturated rings. The molecule has 1 atom stereocenters. The number of nitrogens with one attached hydrogen (secondary N) is 1. The van der Waals surface area contributed by atoms with Gasteiger partial charge < -0.3 is 11.1 Å². The van der Waals surface area contributed by atoms with Gasteiger partial charge in [-0.25, -0.2) is 9.07 Å². The minimum Gasteiger partial charge on any atom is -0.325 e. The summed E-state index contributed by atoms with van der Waals surface area (Å²) in [7, 11) is 0. The Morgan fingerprint density at radius 3 is 2.61 bits per heavy atom. The van der Waals surface area contributed by atoms with Crippen molar-refractivity contribution in [2.24, 2.45) is 5.73 Å². The number of benzene rings is 1. The maximum atomic E-state index is 14.3. The van der Waals surface area contributed by atoms with Gasteiger partial charge in [0.2, 0.25) is 5.91 Å². The summed E-state index contributed by atoms with van der Waals surface area (Å²) in [5.41, 5.74) is 8.14. The third kappa shape index (κ3) is 4.53. The Balaban J connectivity index is 0.00000264. The molecule has 1 amide bonds. The summed E-state index contributed by atoms with van der Waals surface area (Å²) in [4.78, 5) is 11.8. The number of aryl methyl sites for hydroxylation is 2. The van der Waals surface area contributed by atoms with Crippen LogP contribution in [0.1, 0.15) is 31.2 Å². The van der Waals surface area contributed by atoms with Crippen LogP contribution in [0.4, 0.5) is 10.1 Å². The monoisotopic (exact) mass is 340 g/mol. The highest BCUT2D eigenvalue weighted by atomic mass is 35.5. The molecular weight excluding hydrogens is 319 g/mol. The predicted octanol–water partition coefficient (Wildman–Crippen LogP) is 3.12. The first-order valence-electron chi connectivity index (χ1n) is 7.32. The number of amides is 1. The van der Waals surface area contributed by atoms with Crippen molar-refractivity contribution < 1.29 is 9.18 Å². The number of hydrogen-bond acceptors (Lipinski definition) is 3. The van der Waals surface area contributed by atoms with Crippen molar-refractivity contribution in [3.05, 3.63) is 41.5 Å². The summed E-state index contributed by atoms with van der Waals surface area (Å²) in [5, 5.41) is 6.89. The Morgan fingerprint density at radius 2 is 2.09 bits per heavy atom. The van der Waals surface area contributed by atoms with Gasteiger partial charge in [0.1, 0.15) is 5.69 Å². The molecule has 1 heterocycles. The molecule has 0 aliphatic heterocycles. The van der Waals surface area contributed by atoms with Gasteiger partial charge in [-0.2, -0.15) is 5.10 Å². The van der Waals surface area contributed by atoms with E-state index in [1.54, 1.807) is 16.8 Å². The second kappa shape index (κ2) is 8.08. The fourth-order valence-electron chi connectivity index (χ4n) is 2.31. The van der Waals surface area contributed by atoms with Gasteiger partial charge in [0.05, 0.1) is 11.7 Å². The average molecular weight is 341 g/mol. The van der Waals surface area contributed by atoms with Crippen molar-refractivity contribution in [1.82, 2.24) is 9.78 Å². The highest BCUT2D eigenvalue weighted by Crippen LogP contribution is 2.20. The lowest BCUT2D eigenvalue weighted by atomic mass is 10.1. The summed E-state index contributed by atoms with van der Waals surface area (Å²) in [6, 6.07) is 5.81.